The second-order valence-corrected chi connectivity index (χ2v) is 12.6. The number of carbonyl (C=O) groups is 1. The number of carboxylic acids is 1. The molecule has 11 heteroatoms. The van der Waals surface area contributed by atoms with Crippen LogP contribution in [0.1, 0.15) is 77.6 Å². The lowest BCUT2D eigenvalue weighted by molar-refractivity contribution is -0.0592. The Balaban J connectivity index is 1.17. The van der Waals surface area contributed by atoms with E-state index in [-0.39, 0.29) is 29.8 Å². The molecule has 6 rings (SSSR count). The molecular weight excluding hydrogens is 601 g/mol. The van der Waals surface area contributed by atoms with Crippen LogP contribution in [-0.4, -0.2) is 67.0 Å². The molecule has 0 saturated carbocycles. The molecule has 2 N–H and O–H groups in total. The van der Waals surface area contributed by atoms with E-state index in [1.54, 1.807) is 38.1 Å². The molecule has 2 aromatic carbocycles. The Hall–Kier alpha value is -4.81. The average molecular weight is 638 g/mol. The SMILES string of the molecule is CC(C)(O)C#Cc1cc(C(=O)O)cc2c1nc(CN1CCC(c3cccc(OCc4ccc(C#N)cc4F)n3)CC1)n2CC1CCO1. The highest BCUT2D eigenvalue weighted by atomic mass is 19.1. The highest BCUT2D eigenvalue weighted by Crippen LogP contribution is 2.31. The summed E-state index contributed by atoms with van der Waals surface area (Å²) in [5.41, 5.74) is 2.17. The summed E-state index contributed by atoms with van der Waals surface area (Å²) in [4.78, 5) is 24.1. The fourth-order valence-electron chi connectivity index (χ4n) is 5.88. The summed E-state index contributed by atoms with van der Waals surface area (Å²) >= 11 is 0. The Morgan fingerprint density at radius 3 is 2.60 bits per heavy atom. The van der Waals surface area contributed by atoms with Gasteiger partial charge >= 0.3 is 5.97 Å². The number of nitriles is 1. The van der Waals surface area contributed by atoms with Gasteiger partial charge in [-0.15, -0.1) is 0 Å². The van der Waals surface area contributed by atoms with E-state index in [0.717, 1.165) is 43.9 Å². The molecule has 4 heterocycles. The number of ether oxygens (including phenoxy) is 2. The van der Waals surface area contributed by atoms with E-state index in [1.165, 1.54) is 12.1 Å². The van der Waals surface area contributed by atoms with E-state index < -0.39 is 17.4 Å². The number of aromatic carboxylic acids is 1. The maximum atomic E-state index is 14.3. The molecule has 0 radical (unpaired) electrons. The summed E-state index contributed by atoms with van der Waals surface area (Å²) < 4.78 is 27.9. The number of imidazole rings is 1. The van der Waals surface area contributed by atoms with Crippen molar-refractivity contribution in [1.82, 2.24) is 19.4 Å². The van der Waals surface area contributed by atoms with Crippen LogP contribution in [0.5, 0.6) is 5.88 Å². The lowest BCUT2D eigenvalue weighted by Crippen LogP contribution is -2.35. The summed E-state index contributed by atoms with van der Waals surface area (Å²) in [5, 5.41) is 29.0. The predicted octanol–water partition coefficient (Wildman–Crippen LogP) is 5.01. The van der Waals surface area contributed by atoms with Crippen LogP contribution in [0, 0.1) is 29.0 Å². The molecule has 0 aliphatic carbocycles. The maximum Gasteiger partial charge on any atom is 0.335 e. The molecule has 0 amide bonds. The first kappa shape index (κ1) is 32.1. The fourth-order valence-corrected chi connectivity index (χ4v) is 5.88. The molecule has 0 bridgehead atoms. The van der Waals surface area contributed by atoms with Gasteiger partial charge in [0, 0.05) is 29.8 Å². The summed E-state index contributed by atoms with van der Waals surface area (Å²) in [5.74, 6) is 5.69. The number of carboxylic acid groups (broad SMARTS) is 1. The minimum absolute atomic E-state index is 0.0123. The Morgan fingerprint density at radius 2 is 1.94 bits per heavy atom. The number of hydrogen-bond acceptors (Lipinski definition) is 8. The molecule has 0 spiro atoms. The average Bonchev–Trinajstić information content (AvgIpc) is 3.37. The van der Waals surface area contributed by atoms with Gasteiger partial charge in [0.25, 0.3) is 0 Å². The number of benzene rings is 2. The Labute approximate surface area is 272 Å². The number of pyridine rings is 1. The van der Waals surface area contributed by atoms with Crippen molar-refractivity contribution in [2.75, 3.05) is 19.7 Å². The first-order chi connectivity index (χ1) is 22.6. The Kier molecular flexibility index (Phi) is 9.24. The van der Waals surface area contributed by atoms with Crippen molar-refractivity contribution in [3.05, 3.63) is 88.1 Å². The minimum atomic E-state index is -1.25. The topological polar surface area (TPSA) is 134 Å². The maximum absolute atomic E-state index is 14.3. The fraction of sp³-hybridized carbons (Fsp3) is 0.389. The predicted molar refractivity (Wildman–Crippen MR) is 171 cm³/mol. The number of nitrogens with zero attached hydrogens (tertiary/aromatic N) is 5. The Bertz CT molecular complexity index is 1900. The van der Waals surface area contributed by atoms with Gasteiger partial charge in [-0.05, 0) is 76.5 Å². The molecule has 2 aromatic heterocycles. The molecule has 242 valence electrons. The van der Waals surface area contributed by atoms with Gasteiger partial charge in [0.05, 0.1) is 47.5 Å². The molecule has 2 saturated heterocycles. The van der Waals surface area contributed by atoms with Crippen molar-refractivity contribution < 1.29 is 28.9 Å². The van der Waals surface area contributed by atoms with Gasteiger partial charge in [0.2, 0.25) is 5.88 Å². The van der Waals surface area contributed by atoms with Gasteiger partial charge in [-0.1, -0.05) is 24.0 Å². The van der Waals surface area contributed by atoms with Gasteiger partial charge in [0.15, 0.2) is 0 Å². The number of halogens is 1. The van der Waals surface area contributed by atoms with Crippen LogP contribution in [0.4, 0.5) is 4.39 Å². The van der Waals surface area contributed by atoms with Gasteiger partial charge in [-0.3, -0.25) is 4.90 Å². The van der Waals surface area contributed by atoms with Crippen LogP contribution in [0.3, 0.4) is 0 Å². The highest BCUT2D eigenvalue weighted by molar-refractivity contribution is 5.95. The summed E-state index contributed by atoms with van der Waals surface area (Å²) in [7, 11) is 0. The van der Waals surface area contributed by atoms with Crippen LogP contribution in [0.25, 0.3) is 11.0 Å². The monoisotopic (exact) mass is 637 g/mol. The van der Waals surface area contributed by atoms with E-state index in [2.05, 4.69) is 21.3 Å². The molecular formula is C36H36FN5O5. The normalized spacial score (nSPS) is 17.0. The molecule has 4 aromatic rings. The van der Waals surface area contributed by atoms with Gasteiger partial charge < -0.3 is 24.3 Å². The zero-order valence-corrected chi connectivity index (χ0v) is 26.4. The van der Waals surface area contributed by atoms with Crippen molar-refractivity contribution in [2.24, 2.45) is 0 Å². The second kappa shape index (κ2) is 13.5. The standard InChI is InChI=1S/C36H36FN5O5/c1-36(2,45)12-8-25-17-27(35(43)44)18-31-34(25)40-32(42(31)20-28-11-15-46-28)21-41-13-9-24(10-14-41)30-4-3-5-33(39-30)47-22-26-7-6-23(19-38)16-29(26)37/h3-7,16-18,24,28,45H,9-11,13-15,20-22H2,1-2H3,(H,43,44). The second-order valence-electron chi connectivity index (χ2n) is 12.6. The van der Waals surface area contributed by atoms with Crippen LogP contribution >= 0.6 is 0 Å². The molecule has 2 aliphatic rings. The summed E-state index contributed by atoms with van der Waals surface area (Å²) in [6.07, 6.45) is 2.70. The van der Waals surface area contributed by atoms with Crippen LogP contribution in [0.2, 0.25) is 0 Å². The lowest BCUT2D eigenvalue weighted by Gasteiger charge is -2.32. The molecule has 47 heavy (non-hydrogen) atoms. The summed E-state index contributed by atoms with van der Waals surface area (Å²) in [6.45, 7) is 6.63. The lowest BCUT2D eigenvalue weighted by atomic mass is 9.93. The van der Waals surface area contributed by atoms with Gasteiger partial charge in [-0.2, -0.15) is 5.26 Å². The van der Waals surface area contributed by atoms with Gasteiger partial charge in [0.1, 0.15) is 29.4 Å². The quantitative estimate of drug-likeness (QED) is 0.243. The number of piperidine rings is 1. The molecule has 2 aliphatic heterocycles. The molecule has 1 atom stereocenters. The largest absolute Gasteiger partial charge is 0.478 e. The van der Waals surface area contributed by atoms with E-state index in [1.807, 2.05) is 18.2 Å². The number of fused-ring (bicyclic) bond motifs is 1. The highest BCUT2D eigenvalue weighted by Gasteiger charge is 2.27. The van der Waals surface area contributed by atoms with Crippen molar-refractivity contribution in [1.29, 1.82) is 5.26 Å². The molecule has 1 unspecified atom stereocenters. The van der Waals surface area contributed by atoms with Gasteiger partial charge in [-0.25, -0.2) is 19.2 Å². The first-order valence-corrected chi connectivity index (χ1v) is 15.7. The third-order valence-corrected chi connectivity index (χ3v) is 8.54. The zero-order chi connectivity index (χ0) is 33.1. The van der Waals surface area contributed by atoms with Crippen molar-refractivity contribution in [2.45, 2.75) is 70.4 Å². The smallest absolute Gasteiger partial charge is 0.335 e. The third kappa shape index (κ3) is 7.61. The van der Waals surface area contributed by atoms with E-state index in [4.69, 9.17) is 24.7 Å². The van der Waals surface area contributed by atoms with Crippen LogP contribution < -0.4 is 4.74 Å². The number of hydrogen-bond donors (Lipinski definition) is 2. The van der Waals surface area contributed by atoms with Crippen molar-refractivity contribution >= 4 is 17.0 Å². The van der Waals surface area contributed by atoms with E-state index in [9.17, 15) is 19.4 Å². The number of aromatic nitrogens is 3. The molecule has 2 fully saturated rings. The number of aliphatic hydroxyl groups is 1. The first-order valence-electron chi connectivity index (χ1n) is 15.7. The number of rotatable bonds is 9. The van der Waals surface area contributed by atoms with Crippen LogP contribution in [0.15, 0.2) is 48.5 Å². The van der Waals surface area contributed by atoms with E-state index >= 15 is 0 Å². The van der Waals surface area contributed by atoms with Crippen molar-refractivity contribution in [3.8, 4) is 23.8 Å². The third-order valence-electron chi connectivity index (χ3n) is 8.54. The van der Waals surface area contributed by atoms with E-state index in [0.29, 0.717) is 47.7 Å². The zero-order valence-electron chi connectivity index (χ0n) is 26.4. The van der Waals surface area contributed by atoms with Crippen LogP contribution in [-0.2, 0) is 24.4 Å². The molecule has 10 nitrogen and oxygen atoms in total. The minimum Gasteiger partial charge on any atom is -0.478 e. The number of likely N-dealkylation sites (tertiary alicyclic amines) is 1. The Morgan fingerprint density at radius 1 is 1.15 bits per heavy atom. The van der Waals surface area contributed by atoms with Crippen molar-refractivity contribution in [3.63, 3.8) is 0 Å². The summed E-state index contributed by atoms with van der Waals surface area (Å²) in [6, 6.07) is 15.0.